The molecule has 0 saturated heterocycles. The van der Waals surface area contributed by atoms with Crippen molar-refractivity contribution in [3.8, 4) is 5.75 Å². The number of halogens is 3. The molecule has 2 N–H and O–H groups in total. The molecule has 2 aromatic rings. The third-order valence-corrected chi connectivity index (χ3v) is 3.56. The predicted molar refractivity (Wildman–Crippen MR) is 91.0 cm³/mol. The van der Waals surface area contributed by atoms with Gasteiger partial charge in [-0.3, -0.25) is 9.59 Å². The summed E-state index contributed by atoms with van der Waals surface area (Å²) < 4.78 is 32.6. The summed E-state index contributed by atoms with van der Waals surface area (Å²) in [6.45, 7) is 2.59. The van der Waals surface area contributed by atoms with Crippen molar-refractivity contribution in [2.45, 2.75) is 13.8 Å². The summed E-state index contributed by atoms with van der Waals surface area (Å²) in [4.78, 5) is 22.9. The van der Waals surface area contributed by atoms with Crippen LogP contribution in [0.15, 0.2) is 30.3 Å². The Morgan fingerprint density at radius 3 is 2.32 bits per heavy atom. The molecule has 0 fully saturated rings. The number of nitrogens with one attached hydrogen (secondary N) is 2. The van der Waals surface area contributed by atoms with Gasteiger partial charge in [0.1, 0.15) is 17.4 Å². The molecular formula is C17H15ClF2N2O3. The van der Waals surface area contributed by atoms with Crippen LogP contribution in [0.5, 0.6) is 5.75 Å². The molecule has 0 bridgehead atoms. The number of carbonyl (C=O) groups excluding carboxylic acids is 2. The van der Waals surface area contributed by atoms with E-state index in [1.807, 2.05) is 0 Å². The fraction of sp³-hybridized carbons (Fsp3) is 0.176. The van der Waals surface area contributed by atoms with Crippen molar-refractivity contribution >= 4 is 34.8 Å². The molecule has 0 spiro atoms. The number of ether oxygens (including phenoxy) is 1. The highest BCUT2D eigenvalue weighted by molar-refractivity contribution is 6.31. The molecule has 0 aliphatic heterocycles. The van der Waals surface area contributed by atoms with Gasteiger partial charge in [-0.1, -0.05) is 11.6 Å². The van der Waals surface area contributed by atoms with E-state index >= 15 is 0 Å². The second kappa shape index (κ2) is 7.94. The van der Waals surface area contributed by atoms with E-state index < -0.39 is 23.4 Å². The summed E-state index contributed by atoms with van der Waals surface area (Å²) >= 11 is 5.89. The van der Waals surface area contributed by atoms with E-state index in [1.165, 1.54) is 6.92 Å². The van der Waals surface area contributed by atoms with E-state index in [0.717, 1.165) is 11.6 Å². The quantitative estimate of drug-likeness (QED) is 0.841. The number of anilines is 2. The zero-order valence-corrected chi connectivity index (χ0v) is 14.2. The highest BCUT2D eigenvalue weighted by atomic mass is 35.5. The molecule has 0 atom stereocenters. The van der Waals surface area contributed by atoms with Gasteiger partial charge in [0, 0.05) is 18.0 Å². The Morgan fingerprint density at radius 2 is 1.72 bits per heavy atom. The lowest BCUT2D eigenvalue weighted by Gasteiger charge is -2.11. The van der Waals surface area contributed by atoms with Crippen molar-refractivity contribution in [2.24, 2.45) is 0 Å². The maximum atomic E-state index is 13.8. The Balaban J connectivity index is 2.04. The van der Waals surface area contributed by atoms with Gasteiger partial charge in [0.25, 0.3) is 5.91 Å². The molecule has 5 nitrogen and oxygen atoms in total. The zero-order chi connectivity index (χ0) is 18.6. The van der Waals surface area contributed by atoms with Gasteiger partial charge < -0.3 is 15.4 Å². The summed E-state index contributed by atoms with van der Waals surface area (Å²) in [5.74, 6) is -2.66. The van der Waals surface area contributed by atoms with Crippen molar-refractivity contribution in [1.29, 1.82) is 0 Å². The first-order chi connectivity index (χ1) is 11.8. The first kappa shape index (κ1) is 18.7. The largest absolute Gasteiger partial charge is 0.484 e. The lowest BCUT2D eigenvalue weighted by Crippen LogP contribution is -2.21. The molecule has 0 unspecified atom stereocenters. The lowest BCUT2D eigenvalue weighted by atomic mass is 10.2. The fourth-order valence-corrected chi connectivity index (χ4v) is 2.09. The van der Waals surface area contributed by atoms with Crippen LogP contribution in [0.25, 0.3) is 0 Å². The number of hydrogen-bond donors (Lipinski definition) is 2. The van der Waals surface area contributed by atoms with Crippen LogP contribution in [0.3, 0.4) is 0 Å². The van der Waals surface area contributed by atoms with Crippen molar-refractivity contribution in [3.63, 3.8) is 0 Å². The van der Waals surface area contributed by atoms with Crippen LogP contribution in [0.4, 0.5) is 20.2 Å². The van der Waals surface area contributed by atoms with Gasteiger partial charge in [0.05, 0.1) is 11.4 Å². The van der Waals surface area contributed by atoms with Gasteiger partial charge in [-0.15, -0.1) is 0 Å². The van der Waals surface area contributed by atoms with E-state index in [-0.39, 0.29) is 18.0 Å². The second-order valence-corrected chi connectivity index (χ2v) is 5.65. The molecule has 8 heteroatoms. The van der Waals surface area contributed by atoms with Crippen LogP contribution in [-0.4, -0.2) is 18.4 Å². The van der Waals surface area contributed by atoms with E-state index in [1.54, 1.807) is 25.1 Å². The number of carbonyl (C=O) groups is 2. The smallest absolute Gasteiger partial charge is 0.262 e. The van der Waals surface area contributed by atoms with E-state index in [9.17, 15) is 18.4 Å². The minimum absolute atomic E-state index is 0.238. The Kier molecular flexibility index (Phi) is 5.93. The minimum Gasteiger partial charge on any atom is -0.484 e. The van der Waals surface area contributed by atoms with Gasteiger partial charge in [-0.25, -0.2) is 8.78 Å². The maximum absolute atomic E-state index is 13.8. The monoisotopic (exact) mass is 368 g/mol. The molecule has 132 valence electrons. The molecule has 2 amide bonds. The van der Waals surface area contributed by atoms with Crippen LogP contribution in [0.2, 0.25) is 5.02 Å². The van der Waals surface area contributed by atoms with Gasteiger partial charge in [-0.05, 0) is 36.8 Å². The highest BCUT2D eigenvalue weighted by Crippen LogP contribution is 2.24. The molecule has 0 aromatic heterocycles. The average Bonchev–Trinajstić information content (AvgIpc) is 2.52. The number of rotatable bonds is 5. The van der Waals surface area contributed by atoms with Crippen molar-refractivity contribution in [1.82, 2.24) is 0 Å². The maximum Gasteiger partial charge on any atom is 0.262 e. The van der Waals surface area contributed by atoms with Crippen LogP contribution < -0.4 is 15.4 Å². The van der Waals surface area contributed by atoms with Crippen LogP contribution in [0, 0.1) is 18.6 Å². The summed E-state index contributed by atoms with van der Waals surface area (Å²) in [7, 11) is 0. The van der Waals surface area contributed by atoms with Crippen LogP contribution >= 0.6 is 11.6 Å². The Hall–Kier alpha value is -2.67. The zero-order valence-electron chi connectivity index (χ0n) is 13.5. The minimum atomic E-state index is -0.970. The molecule has 2 rings (SSSR count). The third kappa shape index (κ3) is 5.15. The topological polar surface area (TPSA) is 67.4 Å². The second-order valence-electron chi connectivity index (χ2n) is 5.24. The highest BCUT2D eigenvalue weighted by Gasteiger charge is 2.13. The molecule has 0 heterocycles. The van der Waals surface area contributed by atoms with Gasteiger partial charge >= 0.3 is 0 Å². The fourth-order valence-electron chi connectivity index (χ4n) is 1.97. The molecule has 0 saturated carbocycles. The van der Waals surface area contributed by atoms with E-state index in [0.29, 0.717) is 16.8 Å². The van der Waals surface area contributed by atoms with E-state index in [2.05, 4.69) is 10.6 Å². The molecule has 0 aliphatic carbocycles. The van der Waals surface area contributed by atoms with Gasteiger partial charge in [0.2, 0.25) is 5.91 Å². The number of hydrogen-bond acceptors (Lipinski definition) is 3. The standard InChI is InChI=1S/C17H15ClF2N2O3/c1-9-5-11(3-4-12(9)18)25-8-17(24)22-16-7-15(21-10(2)23)13(19)6-14(16)20/h3-7H,8H2,1-2H3,(H,21,23)(H,22,24). The molecule has 0 aliphatic rings. The summed E-state index contributed by atoms with van der Waals surface area (Å²) in [5.41, 5.74) is 0.272. The van der Waals surface area contributed by atoms with Gasteiger partial charge in [-0.2, -0.15) is 0 Å². The average molecular weight is 369 g/mol. The first-order valence-corrected chi connectivity index (χ1v) is 7.59. The Morgan fingerprint density at radius 1 is 1.08 bits per heavy atom. The van der Waals surface area contributed by atoms with Crippen molar-refractivity contribution in [3.05, 3.63) is 52.6 Å². The molecular weight excluding hydrogens is 354 g/mol. The summed E-state index contributed by atoms with van der Waals surface area (Å²) in [5, 5.41) is 5.04. The predicted octanol–water partition coefficient (Wildman–Crippen LogP) is 3.90. The number of benzene rings is 2. The SMILES string of the molecule is CC(=O)Nc1cc(NC(=O)COc2ccc(Cl)c(C)c2)c(F)cc1F. The normalized spacial score (nSPS) is 10.3. The number of amides is 2. The Bertz CT molecular complexity index is 828. The van der Waals surface area contributed by atoms with Crippen molar-refractivity contribution < 1.29 is 23.1 Å². The first-order valence-electron chi connectivity index (χ1n) is 7.21. The van der Waals surface area contributed by atoms with Crippen LogP contribution in [0.1, 0.15) is 12.5 Å². The molecule has 0 radical (unpaired) electrons. The number of aryl methyl sites for hydroxylation is 1. The van der Waals surface area contributed by atoms with E-state index in [4.69, 9.17) is 16.3 Å². The lowest BCUT2D eigenvalue weighted by molar-refractivity contribution is -0.118. The third-order valence-electron chi connectivity index (χ3n) is 3.14. The summed E-state index contributed by atoms with van der Waals surface area (Å²) in [6.07, 6.45) is 0. The van der Waals surface area contributed by atoms with Gasteiger partial charge in [0.15, 0.2) is 6.61 Å². The summed E-state index contributed by atoms with van der Waals surface area (Å²) in [6, 6.07) is 6.45. The Labute approximate surface area is 147 Å². The molecule has 2 aromatic carbocycles. The van der Waals surface area contributed by atoms with Crippen LogP contribution in [-0.2, 0) is 9.59 Å². The van der Waals surface area contributed by atoms with Crippen molar-refractivity contribution in [2.75, 3.05) is 17.2 Å². The molecule has 25 heavy (non-hydrogen) atoms.